The van der Waals surface area contributed by atoms with E-state index in [0.29, 0.717) is 12.2 Å². The van der Waals surface area contributed by atoms with E-state index in [0.717, 1.165) is 38.5 Å². The van der Waals surface area contributed by atoms with E-state index < -0.39 is 0 Å². The molecule has 0 aliphatic heterocycles. The van der Waals surface area contributed by atoms with Gasteiger partial charge in [-0.2, -0.15) is 0 Å². The van der Waals surface area contributed by atoms with Crippen LogP contribution in [0.25, 0.3) is 0 Å². The molecule has 1 saturated carbocycles. The minimum atomic E-state index is -0.290. The topological polar surface area (TPSA) is 46.5 Å². The molecule has 17 heavy (non-hydrogen) atoms. The van der Waals surface area contributed by atoms with Crippen molar-refractivity contribution in [2.24, 2.45) is 5.92 Å². The van der Waals surface area contributed by atoms with Crippen LogP contribution >= 0.6 is 0 Å². The monoisotopic (exact) mass is 240 g/mol. The van der Waals surface area contributed by atoms with E-state index >= 15 is 0 Å². The van der Waals surface area contributed by atoms with Crippen molar-refractivity contribution >= 4 is 5.97 Å². The summed E-state index contributed by atoms with van der Waals surface area (Å²) in [4.78, 5) is 11.6. The van der Waals surface area contributed by atoms with Gasteiger partial charge in [-0.25, -0.2) is 4.79 Å². The highest BCUT2D eigenvalue weighted by Gasteiger charge is 2.22. The standard InChI is InChI=1S/C14H24O3/c1-3-4-9-17-14(16)11(2)10-12-7-5-6-8-13(12)15/h10,12-13,15H,3-9H2,1-2H3. The van der Waals surface area contributed by atoms with Crippen LogP contribution in [0.1, 0.15) is 52.4 Å². The third-order valence-corrected chi connectivity index (χ3v) is 3.30. The Morgan fingerprint density at radius 2 is 2.12 bits per heavy atom. The van der Waals surface area contributed by atoms with E-state index in [9.17, 15) is 9.90 Å². The summed E-state index contributed by atoms with van der Waals surface area (Å²) in [6.45, 7) is 4.33. The van der Waals surface area contributed by atoms with Crippen LogP contribution < -0.4 is 0 Å². The minimum Gasteiger partial charge on any atom is -0.462 e. The summed E-state index contributed by atoms with van der Waals surface area (Å²) >= 11 is 0. The number of unbranched alkanes of at least 4 members (excludes halogenated alkanes) is 1. The summed E-state index contributed by atoms with van der Waals surface area (Å²) in [5.41, 5.74) is 0.632. The highest BCUT2D eigenvalue weighted by Crippen LogP contribution is 2.26. The van der Waals surface area contributed by atoms with Gasteiger partial charge >= 0.3 is 5.97 Å². The predicted molar refractivity (Wildman–Crippen MR) is 67.6 cm³/mol. The number of ether oxygens (including phenoxy) is 1. The van der Waals surface area contributed by atoms with Crippen molar-refractivity contribution in [1.82, 2.24) is 0 Å². The molecule has 1 aliphatic rings. The fourth-order valence-corrected chi connectivity index (χ4v) is 2.15. The summed E-state index contributed by atoms with van der Waals surface area (Å²) in [7, 11) is 0. The Bertz CT molecular complexity index is 271. The maximum atomic E-state index is 11.6. The summed E-state index contributed by atoms with van der Waals surface area (Å²) in [5.74, 6) is -0.112. The molecule has 0 amide bonds. The van der Waals surface area contributed by atoms with Crippen molar-refractivity contribution in [3.8, 4) is 0 Å². The molecule has 3 heteroatoms. The first kappa shape index (κ1) is 14.2. The maximum absolute atomic E-state index is 11.6. The van der Waals surface area contributed by atoms with Gasteiger partial charge < -0.3 is 9.84 Å². The molecule has 0 aromatic carbocycles. The summed E-state index contributed by atoms with van der Waals surface area (Å²) in [6.07, 6.45) is 7.57. The Morgan fingerprint density at radius 3 is 2.76 bits per heavy atom. The maximum Gasteiger partial charge on any atom is 0.333 e. The van der Waals surface area contributed by atoms with E-state index in [1.54, 1.807) is 6.92 Å². The molecule has 2 unspecified atom stereocenters. The van der Waals surface area contributed by atoms with Gasteiger partial charge in [0.2, 0.25) is 0 Å². The summed E-state index contributed by atoms with van der Waals surface area (Å²) in [6, 6.07) is 0. The van der Waals surface area contributed by atoms with Crippen LogP contribution in [0.4, 0.5) is 0 Å². The van der Waals surface area contributed by atoms with E-state index in [1.165, 1.54) is 0 Å². The Labute approximate surface area is 104 Å². The molecule has 0 saturated heterocycles. The van der Waals surface area contributed by atoms with E-state index in [4.69, 9.17) is 4.74 Å². The molecule has 0 aromatic rings. The van der Waals surface area contributed by atoms with Gasteiger partial charge in [0.15, 0.2) is 0 Å². The number of rotatable bonds is 5. The van der Waals surface area contributed by atoms with Gasteiger partial charge in [-0.05, 0) is 26.2 Å². The number of aliphatic hydroxyl groups excluding tert-OH is 1. The second kappa shape index (κ2) is 7.49. The van der Waals surface area contributed by atoms with Crippen LogP contribution in [0.15, 0.2) is 11.6 Å². The average Bonchev–Trinajstić information content (AvgIpc) is 2.32. The highest BCUT2D eigenvalue weighted by molar-refractivity contribution is 5.87. The van der Waals surface area contributed by atoms with Gasteiger partial charge in [0.25, 0.3) is 0 Å². The van der Waals surface area contributed by atoms with Gasteiger partial charge in [-0.3, -0.25) is 0 Å². The SMILES string of the molecule is CCCCOC(=O)C(C)=CC1CCCCC1O. The Kier molecular flexibility index (Phi) is 6.27. The van der Waals surface area contributed by atoms with Gasteiger partial charge in [0.1, 0.15) is 0 Å². The van der Waals surface area contributed by atoms with Gasteiger partial charge in [-0.1, -0.05) is 32.3 Å². The lowest BCUT2D eigenvalue weighted by atomic mass is 9.85. The zero-order chi connectivity index (χ0) is 12.7. The van der Waals surface area contributed by atoms with Crippen LogP contribution in [-0.4, -0.2) is 23.8 Å². The third kappa shape index (κ3) is 4.90. The number of esters is 1. The molecule has 1 fully saturated rings. The molecule has 1 rings (SSSR count). The molecule has 98 valence electrons. The Hall–Kier alpha value is -0.830. The first-order chi connectivity index (χ1) is 8.15. The van der Waals surface area contributed by atoms with Crippen LogP contribution in [0.2, 0.25) is 0 Å². The first-order valence-electron chi connectivity index (χ1n) is 6.68. The minimum absolute atomic E-state index is 0.127. The molecule has 3 nitrogen and oxygen atoms in total. The zero-order valence-corrected chi connectivity index (χ0v) is 10.9. The Balaban J connectivity index is 2.43. The largest absolute Gasteiger partial charge is 0.462 e. The van der Waals surface area contributed by atoms with Crippen LogP contribution in [-0.2, 0) is 9.53 Å². The number of carbonyl (C=O) groups excluding carboxylic acids is 1. The molecular weight excluding hydrogens is 216 g/mol. The lowest BCUT2D eigenvalue weighted by molar-refractivity contribution is -0.139. The van der Waals surface area contributed by atoms with E-state index in [1.807, 2.05) is 6.08 Å². The van der Waals surface area contributed by atoms with Gasteiger partial charge in [0, 0.05) is 11.5 Å². The second-order valence-corrected chi connectivity index (χ2v) is 4.85. The number of hydrogen-bond donors (Lipinski definition) is 1. The molecule has 1 aliphatic carbocycles. The van der Waals surface area contributed by atoms with E-state index in [2.05, 4.69) is 6.92 Å². The smallest absolute Gasteiger partial charge is 0.333 e. The van der Waals surface area contributed by atoms with Crippen molar-refractivity contribution in [1.29, 1.82) is 0 Å². The normalized spacial score (nSPS) is 25.7. The van der Waals surface area contributed by atoms with Crippen LogP contribution in [0.5, 0.6) is 0 Å². The molecule has 0 spiro atoms. The van der Waals surface area contributed by atoms with E-state index in [-0.39, 0.29) is 18.0 Å². The molecule has 1 N–H and O–H groups in total. The zero-order valence-electron chi connectivity index (χ0n) is 10.9. The molecular formula is C14H24O3. The fraction of sp³-hybridized carbons (Fsp3) is 0.786. The van der Waals surface area contributed by atoms with Crippen molar-refractivity contribution in [3.63, 3.8) is 0 Å². The van der Waals surface area contributed by atoms with Crippen molar-refractivity contribution < 1.29 is 14.6 Å². The van der Waals surface area contributed by atoms with Crippen LogP contribution in [0.3, 0.4) is 0 Å². The fourth-order valence-electron chi connectivity index (χ4n) is 2.15. The average molecular weight is 240 g/mol. The molecule has 0 heterocycles. The summed E-state index contributed by atoms with van der Waals surface area (Å²) in [5, 5.41) is 9.82. The highest BCUT2D eigenvalue weighted by atomic mass is 16.5. The second-order valence-electron chi connectivity index (χ2n) is 4.85. The number of hydrogen-bond acceptors (Lipinski definition) is 3. The molecule has 0 bridgehead atoms. The number of aliphatic hydroxyl groups is 1. The Morgan fingerprint density at radius 1 is 1.41 bits per heavy atom. The molecule has 0 aromatic heterocycles. The first-order valence-corrected chi connectivity index (χ1v) is 6.68. The van der Waals surface area contributed by atoms with Crippen molar-refractivity contribution in [2.45, 2.75) is 58.5 Å². The van der Waals surface area contributed by atoms with Crippen molar-refractivity contribution in [3.05, 3.63) is 11.6 Å². The predicted octanol–water partition coefficient (Wildman–Crippen LogP) is 2.83. The third-order valence-electron chi connectivity index (χ3n) is 3.30. The number of carbonyl (C=O) groups is 1. The van der Waals surface area contributed by atoms with Crippen molar-refractivity contribution in [2.75, 3.05) is 6.61 Å². The lowest BCUT2D eigenvalue weighted by Crippen LogP contribution is -2.23. The molecule has 0 radical (unpaired) electrons. The molecule has 2 atom stereocenters. The van der Waals surface area contributed by atoms with Gasteiger partial charge in [-0.15, -0.1) is 0 Å². The lowest BCUT2D eigenvalue weighted by Gasteiger charge is -2.25. The summed E-state index contributed by atoms with van der Waals surface area (Å²) < 4.78 is 5.13. The van der Waals surface area contributed by atoms with Crippen LogP contribution in [0, 0.1) is 5.92 Å². The quantitative estimate of drug-likeness (QED) is 0.456. The van der Waals surface area contributed by atoms with Gasteiger partial charge in [0.05, 0.1) is 12.7 Å².